The Morgan fingerprint density at radius 3 is 2.46 bits per heavy atom. The number of fused-ring (bicyclic) bond motifs is 2. The minimum atomic E-state index is -0.408. The summed E-state index contributed by atoms with van der Waals surface area (Å²) >= 11 is 0. The van der Waals surface area contributed by atoms with Crippen molar-refractivity contribution in [2.24, 2.45) is 17.6 Å². The fourth-order valence-electron chi connectivity index (χ4n) is 2.33. The zero-order valence-corrected chi connectivity index (χ0v) is 7.81. The van der Waals surface area contributed by atoms with E-state index in [1.807, 2.05) is 0 Å². The highest BCUT2D eigenvalue weighted by molar-refractivity contribution is 5.81. The van der Waals surface area contributed by atoms with Crippen LogP contribution in [0.3, 0.4) is 0 Å². The largest absolute Gasteiger partial charge is 0.392 e. The van der Waals surface area contributed by atoms with Crippen molar-refractivity contribution < 1.29 is 9.90 Å². The average Bonchev–Trinajstić information content (AvgIpc) is 2.15. The molecule has 3 aliphatic rings. The molecule has 3 N–H and O–H groups in total. The molecule has 1 aliphatic carbocycles. The molecular formula is C9H16N2O2. The van der Waals surface area contributed by atoms with Crippen molar-refractivity contribution in [3.63, 3.8) is 0 Å². The van der Waals surface area contributed by atoms with Gasteiger partial charge in [-0.3, -0.25) is 4.79 Å². The van der Waals surface area contributed by atoms with Crippen molar-refractivity contribution in [2.75, 3.05) is 13.1 Å². The van der Waals surface area contributed by atoms with E-state index in [-0.39, 0.29) is 12.0 Å². The van der Waals surface area contributed by atoms with Crippen LogP contribution in [-0.4, -0.2) is 41.1 Å². The molecule has 3 fully saturated rings. The van der Waals surface area contributed by atoms with E-state index in [2.05, 4.69) is 0 Å². The molecule has 0 aromatic rings. The molecule has 0 spiro atoms. The van der Waals surface area contributed by atoms with Gasteiger partial charge in [-0.25, -0.2) is 0 Å². The summed E-state index contributed by atoms with van der Waals surface area (Å²) in [4.78, 5) is 13.3. The molecule has 1 saturated carbocycles. The molecule has 74 valence electrons. The molecule has 1 unspecified atom stereocenters. The van der Waals surface area contributed by atoms with E-state index in [1.54, 1.807) is 11.8 Å². The van der Waals surface area contributed by atoms with Gasteiger partial charge in [-0.1, -0.05) is 0 Å². The lowest BCUT2D eigenvalue weighted by Crippen LogP contribution is -2.61. The molecule has 2 bridgehead atoms. The van der Waals surface area contributed by atoms with Crippen LogP contribution in [0, 0.1) is 11.8 Å². The van der Waals surface area contributed by atoms with Crippen molar-refractivity contribution in [1.82, 2.24) is 4.90 Å². The van der Waals surface area contributed by atoms with Crippen LogP contribution in [0.4, 0.5) is 0 Å². The molecule has 4 heteroatoms. The van der Waals surface area contributed by atoms with Crippen LogP contribution in [-0.2, 0) is 4.79 Å². The van der Waals surface area contributed by atoms with Gasteiger partial charge in [-0.05, 0) is 13.3 Å². The Morgan fingerprint density at radius 2 is 2.08 bits per heavy atom. The average molecular weight is 184 g/mol. The number of carbonyl (C=O) groups excluding carboxylic acids is 1. The Balaban J connectivity index is 1.95. The number of rotatable bonds is 1. The summed E-state index contributed by atoms with van der Waals surface area (Å²) in [5.41, 5.74) is 5.51. The zero-order valence-electron chi connectivity index (χ0n) is 7.81. The third-order valence-corrected chi connectivity index (χ3v) is 3.18. The number of carbonyl (C=O) groups is 1. The van der Waals surface area contributed by atoms with Crippen LogP contribution < -0.4 is 5.73 Å². The zero-order chi connectivity index (χ0) is 9.59. The number of hydrogen-bond acceptors (Lipinski definition) is 3. The smallest absolute Gasteiger partial charge is 0.239 e. The maximum absolute atomic E-state index is 11.5. The number of hydrogen-bond donors (Lipinski definition) is 2. The normalized spacial score (nSPS) is 39.6. The highest BCUT2D eigenvalue weighted by Gasteiger charge is 2.46. The third-order valence-electron chi connectivity index (χ3n) is 3.18. The number of nitrogens with two attached hydrogens (primary N) is 1. The molecule has 3 rings (SSSR count). The molecule has 4 nitrogen and oxygen atoms in total. The quantitative estimate of drug-likeness (QED) is 0.559. The van der Waals surface area contributed by atoms with Crippen LogP contribution in [0.25, 0.3) is 0 Å². The molecule has 2 heterocycles. The first-order chi connectivity index (χ1) is 6.09. The first-order valence-electron chi connectivity index (χ1n) is 4.82. The molecule has 0 radical (unpaired) electrons. The lowest BCUT2D eigenvalue weighted by molar-refractivity contribution is -0.151. The van der Waals surface area contributed by atoms with E-state index in [9.17, 15) is 9.90 Å². The van der Waals surface area contributed by atoms with Gasteiger partial charge in [0.25, 0.3) is 0 Å². The summed E-state index contributed by atoms with van der Waals surface area (Å²) in [6.07, 6.45) is 0.904. The summed E-state index contributed by atoms with van der Waals surface area (Å²) in [5.74, 6) is 0.629. The Bertz CT molecular complexity index is 218. The second-order valence-corrected chi connectivity index (χ2v) is 4.28. The summed E-state index contributed by atoms with van der Waals surface area (Å²) in [6, 6.07) is -0.408. The molecule has 13 heavy (non-hydrogen) atoms. The number of nitrogens with zero attached hydrogens (tertiary/aromatic N) is 1. The van der Waals surface area contributed by atoms with Gasteiger partial charge in [0.05, 0.1) is 12.1 Å². The molecule has 2 saturated heterocycles. The van der Waals surface area contributed by atoms with Gasteiger partial charge in [0.2, 0.25) is 5.91 Å². The monoisotopic (exact) mass is 184 g/mol. The predicted molar refractivity (Wildman–Crippen MR) is 47.8 cm³/mol. The van der Waals surface area contributed by atoms with Crippen LogP contribution >= 0.6 is 0 Å². The highest BCUT2D eigenvalue weighted by Crippen LogP contribution is 2.39. The summed E-state index contributed by atoms with van der Waals surface area (Å²) in [6.45, 7) is 3.09. The van der Waals surface area contributed by atoms with Gasteiger partial charge in [-0.2, -0.15) is 0 Å². The molecule has 0 aromatic heterocycles. The predicted octanol–water partition coefficient (Wildman–Crippen LogP) is -0.827. The van der Waals surface area contributed by atoms with Gasteiger partial charge in [0.1, 0.15) is 0 Å². The van der Waals surface area contributed by atoms with E-state index in [0.717, 1.165) is 6.42 Å². The standard InChI is InChI=1S/C9H16N2O2/c1-5(10)9(13)11-3-6-2-7(4-11)8(6)12/h5-8,12H,2-4,10H2,1H3/t5-,6-,7+,8?/m0/s1. The van der Waals surface area contributed by atoms with Crippen molar-refractivity contribution >= 4 is 5.91 Å². The number of aliphatic hydroxyl groups is 1. The van der Waals surface area contributed by atoms with Crippen molar-refractivity contribution in [1.29, 1.82) is 0 Å². The topological polar surface area (TPSA) is 66.6 Å². The van der Waals surface area contributed by atoms with Crippen molar-refractivity contribution in [2.45, 2.75) is 25.5 Å². The van der Waals surface area contributed by atoms with Crippen LogP contribution in [0.1, 0.15) is 13.3 Å². The Hall–Kier alpha value is -0.610. The van der Waals surface area contributed by atoms with Gasteiger partial charge in [0, 0.05) is 24.9 Å². The van der Waals surface area contributed by atoms with E-state index >= 15 is 0 Å². The summed E-state index contributed by atoms with van der Waals surface area (Å²) < 4.78 is 0. The van der Waals surface area contributed by atoms with Crippen LogP contribution in [0.2, 0.25) is 0 Å². The number of amides is 1. The lowest BCUT2D eigenvalue weighted by atomic mass is 9.68. The van der Waals surface area contributed by atoms with Crippen LogP contribution in [0.15, 0.2) is 0 Å². The summed E-state index contributed by atoms with van der Waals surface area (Å²) in [7, 11) is 0. The molecule has 1 amide bonds. The van der Waals surface area contributed by atoms with Gasteiger partial charge < -0.3 is 15.7 Å². The first-order valence-corrected chi connectivity index (χ1v) is 4.82. The van der Waals surface area contributed by atoms with E-state index < -0.39 is 6.04 Å². The molecule has 4 atom stereocenters. The van der Waals surface area contributed by atoms with Crippen LogP contribution in [0.5, 0.6) is 0 Å². The Morgan fingerprint density at radius 1 is 1.54 bits per heavy atom. The van der Waals surface area contributed by atoms with Gasteiger partial charge in [0.15, 0.2) is 0 Å². The second kappa shape index (κ2) is 2.96. The summed E-state index contributed by atoms with van der Waals surface area (Å²) in [5, 5.41) is 9.50. The maximum Gasteiger partial charge on any atom is 0.239 e. The highest BCUT2D eigenvalue weighted by atomic mass is 16.3. The molecule has 0 aromatic carbocycles. The lowest BCUT2D eigenvalue weighted by Gasteiger charge is -2.51. The van der Waals surface area contributed by atoms with E-state index in [1.165, 1.54) is 0 Å². The minimum Gasteiger partial charge on any atom is -0.392 e. The fraction of sp³-hybridized carbons (Fsp3) is 0.889. The molecular weight excluding hydrogens is 168 g/mol. The number of aliphatic hydroxyl groups excluding tert-OH is 1. The van der Waals surface area contributed by atoms with Crippen molar-refractivity contribution in [3.05, 3.63) is 0 Å². The van der Waals surface area contributed by atoms with Gasteiger partial charge in [-0.15, -0.1) is 0 Å². The fourth-order valence-corrected chi connectivity index (χ4v) is 2.33. The number of piperidine rings is 2. The van der Waals surface area contributed by atoms with E-state index in [4.69, 9.17) is 5.73 Å². The molecule has 2 aliphatic heterocycles. The van der Waals surface area contributed by atoms with E-state index in [0.29, 0.717) is 24.9 Å². The first kappa shape index (κ1) is 8.97. The Kier molecular flexibility index (Phi) is 2.04. The van der Waals surface area contributed by atoms with Crippen molar-refractivity contribution in [3.8, 4) is 0 Å². The maximum atomic E-state index is 11.5. The minimum absolute atomic E-state index is 0.0154. The SMILES string of the molecule is C[C@H](N)C(=O)N1C[C@H]2C[C@@H](C1)C2O. The van der Waals surface area contributed by atoms with Gasteiger partial charge >= 0.3 is 0 Å². The third kappa shape index (κ3) is 1.34. The Labute approximate surface area is 77.7 Å². The second-order valence-electron chi connectivity index (χ2n) is 4.28.